The number of esters is 1. The monoisotopic (exact) mass is 383 g/mol. The van der Waals surface area contributed by atoms with Crippen molar-refractivity contribution in [1.29, 1.82) is 0 Å². The van der Waals surface area contributed by atoms with Crippen LogP contribution in [-0.4, -0.2) is 48.2 Å². The highest BCUT2D eigenvalue weighted by Gasteiger charge is 2.80. The van der Waals surface area contributed by atoms with E-state index >= 15 is 0 Å². The van der Waals surface area contributed by atoms with Crippen LogP contribution in [-0.2, 0) is 14.3 Å². The first kappa shape index (κ1) is 17.4. The van der Waals surface area contributed by atoms with Crippen LogP contribution in [0, 0.1) is 40.4 Å². The topological polar surface area (TPSA) is 66.8 Å². The Morgan fingerprint density at radius 1 is 1.32 bits per heavy atom. The lowest BCUT2D eigenvalue weighted by Crippen LogP contribution is -2.74. The van der Waals surface area contributed by atoms with Gasteiger partial charge in [0.1, 0.15) is 12.0 Å². The minimum absolute atomic E-state index is 0.00558. The first-order valence-corrected chi connectivity index (χ1v) is 10.9. The molecule has 2 heterocycles. The lowest BCUT2D eigenvalue weighted by Gasteiger charge is -2.66. The van der Waals surface area contributed by atoms with Crippen molar-refractivity contribution in [2.45, 2.75) is 44.8 Å². The third-order valence-corrected chi connectivity index (χ3v) is 9.61. The molecule has 28 heavy (non-hydrogen) atoms. The summed E-state index contributed by atoms with van der Waals surface area (Å²) in [6.07, 6.45) is 9.92. The first-order chi connectivity index (χ1) is 13.4. The molecule has 5 heteroatoms. The quantitative estimate of drug-likeness (QED) is 0.450. The fraction of sp³-hybridized carbons (Fsp3) is 0.739. The Balaban J connectivity index is 1.69. The Morgan fingerprint density at radius 2 is 2.11 bits per heavy atom. The first-order valence-electron chi connectivity index (χ1n) is 10.9. The lowest BCUT2D eigenvalue weighted by molar-refractivity contribution is -0.254. The van der Waals surface area contributed by atoms with Crippen molar-refractivity contribution in [3.05, 3.63) is 23.3 Å². The van der Waals surface area contributed by atoms with Gasteiger partial charge in [0.05, 0.1) is 23.9 Å². The predicted molar refractivity (Wildman–Crippen MR) is 102 cm³/mol. The number of methoxy groups -OCH3 is 1. The number of hydrogen-bond acceptors (Lipinski definition) is 5. The van der Waals surface area contributed by atoms with Crippen LogP contribution in [0.2, 0.25) is 0 Å². The SMILES string of the molecule is COC(=O)[C@@H]1C[C@@]23C4=C(CC[C@@H]5CN6C[C@@H](C)[C@@H](C=C[C@@]52C=O)[C@]63O)CC[C@@H]41. The predicted octanol–water partition coefficient (Wildman–Crippen LogP) is 2.31. The summed E-state index contributed by atoms with van der Waals surface area (Å²) in [4.78, 5) is 28.0. The molecule has 6 aliphatic rings. The third-order valence-electron chi connectivity index (χ3n) is 9.61. The van der Waals surface area contributed by atoms with Gasteiger partial charge in [0.25, 0.3) is 0 Å². The molecule has 4 bridgehead atoms. The summed E-state index contributed by atoms with van der Waals surface area (Å²) in [7, 11) is 1.46. The van der Waals surface area contributed by atoms with Gasteiger partial charge >= 0.3 is 5.97 Å². The Labute approximate surface area is 165 Å². The maximum Gasteiger partial charge on any atom is 0.309 e. The number of aliphatic hydroxyl groups is 1. The van der Waals surface area contributed by atoms with Gasteiger partial charge in [-0.1, -0.05) is 30.2 Å². The molecule has 6 rings (SSSR count). The Morgan fingerprint density at radius 3 is 2.86 bits per heavy atom. The van der Waals surface area contributed by atoms with E-state index < -0.39 is 16.6 Å². The molecule has 0 aromatic carbocycles. The largest absolute Gasteiger partial charge is 0.469 e. The molecular weight excluding hydrogens is 354 g/mol. The summed E-state index contributed by atoms with van der Waals surface area (Å²) in [6, 6.07) is 0. The molecule has 5 nitrogen and oxygen atoms in total. The maximum absolute atomic E-state index is 12.9. The molecule has 8 atom stereocenters. The van der Waals surface area contributed by atoms with Gasteiger partial charge in [-0.15, -0.1) is 0 Å². The zero-order valence-corrected chi connectivity index (χ0v) is 16.7. The summed E-state index contributed by atoms with van der Waals surface area (Å²) in [5, 5.41) is 12.5. The Bertz CT molecular complexity index is 848. The fourth-order valence-electron chi connectivity index (χ4n) is 8.73. The number of piperidine rings is 1. The number of allylic oxidation sites excluding steroid dienone is 2. The van der Waals surface area contributed by atoms with Gasteiger partial charge in [-0.25, -0.2) is 0 Å². The molecular formula is C23H29NO4. The summed E-state index contributed by atoms with van der Waals surface area (Å²) in [6.45, 7) is 3.84. The number of aldehydes is 1. The van der Waals surface area contributed by atoms with Crippen LogP contribution in [0.15, 0.2) is 23.3 Å². The van der Waals surface area contributed by atoms with E-state index in [1.54, 1.807) is 0 Å². The molecule has 1 N–H and O–H groups in total. The van der Waals surface area contributed by atoms with E-state index in [4.69, 9.17) is 4.74 Å². The van der Waals surface area contributed by atoms with Crippen molar-refractivity contribution in [3.8, 4) is 0 Å². The molecule has 2 saturated heterocycles. The lowest BCUT2D eigenvalue weighted by atomic mass is 9.44. The van der Waals surface area contributed by atoms with Gasteiger partial charge in [0.2, 0.25) is 0 Å². The van der Waals surface area contributed by atoms with Crippen LogP contribution in [0.25, 0.3) is 0 Å². The minimum atomic E-state index is -1.07. The summed E-state index contributed by atoms with van der Waals surface area (Å²) in [5.41, 5.74) is 0.235. The molecule has 0 aromatic rings. The fourth-order valence-corrected chi connectivity index (χ4v) is 8.73. The highest BCUT2D eigenvalue weighted by molar-refractivity contribution is 5.78. The van der Waals surface area contributed by atoms with Crippen LogP contribution in [0.1, 0.15) is 39.0 Å². The van der Waals surface area contributed by atoms with E-state index in [2.05, 4.69) is 24.0 Å². The highest BCUT2D eigenvalue weighted by atomic mass is 16.5. The smallest absolute Gasteiger partial charge is 0.309 e. The molecule has 4 aliphatic carbocycles. The zero-order valence-electron chi connectivity index (χ0n) is 16.7. The normalized spacial score (nSPS) is 53.2. The van der Waals surface area contributed by atoms with Gasteiger partial charge in [-0.2, -0.15) is 0 Å². The zero-order chi connectivity index (χ0) is 19.5. The van der Waals surface area contributed by atoms with Crippen molar-refractivity contribution < 1.29 is 19.4 Å². The van der Waals surface area contributed by atoms with Crippen LogP contribution in [0.5, 0.6) is 0 Å². The summed E-state index contributed by atoms with van der Waals surface area (Å²) >= 11 is 0. The van der Waals surface area contributed by atoms with Gasteiger partial charge in [-0.05, 0) is 49.9 Å². The van der Waals surface area contributed by atoms with Crippen LogP contribution < -0.4 is 0 Å². The van der Waals surface area contributed by atoms with E-state index in [-0.39, 0.29) is 29.6 Å². The van der Waals surface area contributed by atoms with Gasteiger partial charge in [0, 0.05) is 19.0 Å². The second-order valence-corrected chi connectivity index (χ2v) is 10.2. The van der Waals surface area contributed by atoms with E-state index in [0.29, 0.717) is 12.3 Å². The number of carbonyl (C=O) groups excluding carboxylic acids is 2. The van der Waals surface area contributed by atoms with Crippen molar-refractivity contribution in [2.75, 3.05) is 20.2 Å². The molecule has 0 amide bonds. The van der Waals surface area contributed by atoms with E-state index in [1.807, 2.05) is 0 Å². The van der Waals surface area contributed by atoms with Gasteiger partial charge in [-0.3, -0.25) is 9.69 Å². The van der Waals surface area contributed by atoms with E-state index in [1.165, 1.54) is 18.3 Å². The number of nitrogens with zero attached hydrogens (tertiary/aromatic N) is 1. The van der Waals surface area contributed by atoms with Crippen LogP contribution >= 0.6 is 0 Å². The second-order valence-electron chi connectivity index (χ2n) is 10.2. The van der Waals surface area contributed by atoms with Gasteiger partial charge < -0.3 is 14.6 Å². The maximum atomic E-state index is 12.9. The van der Waals surface area contributed by atoms with Crippen molar-refractivity contribution in [3.63, 3.8) is 0 Å². The molecule has 0 unspecified atom stereocenters. The molecule has 0 aromatic heterocycles. The minimum Gasteiger partial charge on any atom is -0.469 e. The average molecular weight is 383 g/mol. The molecule has 3 fully saturated rings. The van der Waals surface area contributed by atoms with Crippen molar-refractivity contribution in [1.82, 2.24) is 4.90 Å². The summed E-state index contributed by atoms with van der Waals surface area (Å²) in [5.74, 6) is 0.226. The number of hydrogen-bond donors (Lipinski definition) is 1. The Hall–Kier alpha value is -1.46. The standard InChI is InChI=1S/C23H29NO4/c1-13-10-24-11-15-5-3-14-4-6-16-17(20(26)28-2)9-22(19(14)16)21(15,12-25)8-7-18(13)23(22,24)27/h7-8,12-13,15-18,27H,3-6,9-11H2,1-2H3/t13-,15-,16-,17-,18-,21-,22-,23-/m1/s1. The highest BCUT2D eigenvalue weighted by Crippen LogP contribution is 2.77. The second kappa shape index (κ2) is 5.17. The molecule has 2 aliphatic heterocycles. The van der Waals surface area contributed by atoms with Crippen molar-refractivity contribution in [2.24, 2.45) is 40.4 Å². The van der Waals surface area contributed by atoms with E-state index in [9.17, 15) is 14.7 Å². The third kappa shape index (κ3) is 1.52. The van der Waals surface area contributed by atoms with Crippen LogP contribution in [0.3, 0.4) is 0 Å². The van der Waals surface area contributed by atoms with Crippen LogP contribution in [0.4, 0.5) is 0 Å². The molecule has 0 radical (unpaired) electrons. The number of rotatable bonds is 2. The molecule has 1 spiro atoms. The van der Waals surface area contributed by atoms with E-state index in [0.717, 1.165) is 45.1 Å². The van der Waals surface area contributed by atoms with Crippen molar-refractivity contribution >= 4 is 12.3 Å². The number of ether oxygens (including phenoxy) is 1. The average Bonchev–Trinajstić information content (AvgIpc) is 3.31. The molecule has 150 valence electrons. The van der Waals surface area contributed by atoms with Gasteiger partial charge in [0.15, 0.2) is 0 Å². The Kier molecular flexibility index (Phi) is 3.21. The summed E-state index contributed by atoms with van der Waals surface area (Å²) < 4.78 is 5.21. The number of carbonyl (C=O) groups is 2. The molecule has 1 saturated carbocycles.